The van der Waals surface area contributed by atoms with Crippen LogP contribution in [0.15, 0.2) is 28.7 Å². The van der Waals surface area contributed by atoms with Crippen LogP contribution < -0.4 is 0 Å². The highest BCUT2D eigenvalue weighted by Gasteiger charge is 2.19. The second kappa shape index (κ2) is 3.98. The van der Waals surface area contributed by atoms with Gasteiger partial charge in [-0.2, -0.15) is 4.98 Å². The Hall–Kier alpha value is -1.81. The molecule has 2 rings (SSSR count). The molecule has 1 heterocycles. The van der Waals surface area contributed by atoms with Crippen molar-refractivity contribution in [3.05, 3.63) is 40.9 Å². The third-order valence-corrected chi connectivity index (χ3v) is 2.25. The van der Waals surface area contributed by atoms with E-state index in [2.05, 4.69) is 4.98 Å². The molecular weight excluding hydrogens is 230 g/mol. The fourth-order valence-electron chi connectivity index (χ4n) is 1.42. The summed E-state index contributed by atoms with van der Waals surface area (Å²) in [6, 6.07) is 7.27. The molecule has 0 radical (unpaired) electrons. The van der Waals surface area contributed by atoms with Crippen LogP contribution in [0.2, 0.25) is 5.35 Å². The number of hydrogen-bond donors (Lipinski definition) is 1. The van der Waals surface area contributed by atoms with E-state index in [1.807, 2.05) is 25.1 Å². The van der Waals surface area contributed by atoms with E-state index in [4.69, 9.17) is 21.1 Å². The molecule has 5 heteroatoms. The Morgan fingerprint density at radius 3 is 2.88 bits per heavy atom. The quantitative estimate of drug-likeness (QED) is 0.872. The number of benzene rings is 1. The van der Waals surface area contributed by atoms with Crippen LogP contribution in [0.4, 0.5) is 0 Å². The molecule has 16 heavy (non-hydrogen) atoms. The summed E-state index contributed by atoms with van der Waals surface area (Å²) in [7, 11) is 0. The second-order valence-corrected chi connectivity index (χ2v) is 3.64. The molecule has 2 aromatic rings. The van der Waals surface area contributed by atoms with Crippen LogP contribution in [-0.4, -0.2) is 16.1 Å². The molecule has 0 atom stereocenters. The van der Waals surface area contributed by atoms with Gasteiger partial charge in [0.1, 0.15) is 0 Å². The van der Waals surface area contributed by atoms with Gasteiger partial charge in [-0.15, -0.1) is 0 Å². The maximum absolute atomic E-state index is 10.9. The lowest BCUT2D eigenvalue weighted by Crippen LogP contribution is -1.98. The topological polar surface area (TPSA) is 63.3 Å². The van der Waals surface area contributed by atoms with Gasteiger partial charge < -0.3 is 9.52 Å². The Bertz CT molecular complexity index is 548. The standard InChI is InChI=1S/C11H8ClNO3/c1-6-3-2-4-7(5-6)9-8(10(14)15)13-11(12)16-9/h2-5H,1H3,(H,14,15). The number of carbonyl (C=O) groups is 1. The van der Waals surface area contributed by atoms with Crippen molar-refractivity contribution in [3.63, 3.8) is 0 Å². The third kappa shape index (κ3) is 1.92. The van der Waals surface area contributed by atoms with Gasteiger partial charge >= 0.3 is 5.97 Å². The average molecular weight is 238 g/mol. The molecule has 0 aliphatic heterocycles. The minimum atomic E-state index is -1.16. The van der Waals surface area contributed by atoms with Gasteiger partial charge in [-0.05, 0) is 24.6 Å². The van der Waals surface area contributed by atoms with Gasteiger partial charge in [-0.1, -0.05) is 23.8 Å². The summed E-state index contributed by atoms with van der Waals surface area (Å²) in [6.45, 7) is 1.90. The van der Waals surface area contributed by atoms with Crippen LogP contribution in [0.1, 0.15) is 16.1 Å². The molecule has 1 N–H and O–H groups in total. The number of aryl methyl sites for hydroxylation is 1. The monoisotopic (exact) mass is 237 g/mol. The van der Waals surface area contributed by atoms with Gasteiger partial charge in [0.25, 0.3) is 5.35 Å². The fourth-order valence-corrected chi connectivity index (χ4v) is 1.58. The highest BCUT2D eigenvalue weighted by Crippen LogP contribution is 2.27. The van der Waals surface area contributed by atoms with Crippen molar-refractivity contribution in [2.75, 3.05) is 0 Å². The van der Waals surface area contributed by atoms with Crippen LogP contribution in [0.3, 0.4) is 0 Å². The van der Waals surface area contributed by atoms with Crippen molar-refractivity contribution in [2.45, 2.75) is 6.92 Å². The predicted octanol–water partition coefficient (Wildman–Crippen LogP) is 3.00. The van der Waals surface area contributed by atoms with Crippen molar-refractivity contribution in [1.29, 1.82) is 0 Å². The molecule has 0 saturated heterocycles. The molecule has 1 aromatic heterocycles. The molecule has 82 valence electrons. The van der Waals surface area contributed by atoms with Crippen LogP contribution >= 0.6 is 11.6 Å². The number of carboxylic acid groups (broad SMARTS) is 1. The summed E-state index contributed by atoms with van der Waals surface area (Å²) < 4.78 is 5.09. The fraction of sp³-hybridized carbons (Fsp3) is 0.0909. The number of nitrogens with zero attached hydrogens (tertiary/aromatic N) is 1. The molecule has 0 aliphatic rings. The summed E-state index contributed by atoms with van der Waals surface area (Å²) >= 11 is 5.56. The van der Waals surface area contributed by atoms with Crippen molar-refractivity contribution >= 4 is 17.6 Å². The van der Waals surface area contributed by atoms with Gasteiger partial charge in [0.15, 0.2) is 11.5 Å². The van der Waals surface area contributed by atoms with Crippen molar-refractivity contribution in [2.24, 2.45) is 0 Å². The number of halogens is 1. The smallest absolute Gasteiger partial charge is 0.358 e. The molecule has 1 aromatic carbocycles. The number of oxazole rings is 1. The summed E-state index contributed by atoms with van der Waals surface area (Å²) in [6.07, 6.45) is 0. The van der Waals surface area contributed by atoms with E-state index < -0.39 is 5.97 Å². The zero-order valence-electron chi connectivity index (χ0n) is 8.40. The van der Waals surface area contributed by atoms with Gasteiger partial charge in [0, 0.05) is 5.56 Å². The Morgan fingerprint density at radius 1 is 1.50 bits per heavy atom. The second-order valence-electron chi connectivity index (χ2n) is 3.32. The van der Waals surface area contributed by atoms with Gasteiger partial charge in [-0.25, -0.2) is 4.79 Å². The minimum Gasteiger partial charge on any atom is -0.476 e. The normalized spacial score (nSPS) is 10.4. The number of hydrogen-bond acceptors (Lipinski definition) is 3. The van der Waals surface area contributed by atoms with E-state index in [1.54, 1.807) is 6.07 Å². The molecule has 0 aliphatic carbocycles. The zero-order valence-corrected chi connectivity index (χ0v) is 9.15. The summed E-state index contributed by atoms with van der Waals surface area (Å²) in [5, 5.41) is 8.76. The van der Waals surface area contributed by atoms with Gasteiger partial charge in [0.2, 0.25) is 0 Å². The molecule has 0 bridgehead atoms. The Kier molecular flexibility index (Phi) is 2.66. The van der Waals surface area contributed by atoms with Crippen molar-refractivity contribution in [3.8, 4) is 11.3 Å². The van der Waals surface area contributed by atoms with Crippen LogP contribution in [0.25, 0.3) is 11.3 Å². The third-order valence-electron chi connectivity index (χ3n) is 2.08. The summed E-state index contributed by atoms with van der Waals surface area (Å²) in [4.78, 5) is 14.5. The van der Waals surface area contributed by atoms with Crippen LogP contribution in [0.5, 0.6) is 0 Å². The average Bonchev–Trinajstić information content (AvgIpc) is 2.60. The molecule has 0 unspecified atom stereocenters. The number of carboxylic acids is 1. The maximum Gasteiger partial charge on any atom is 0.358 e. The van der Waals surface area contributed by atoms with Crippen molar-refractivity contribution < 1.29 is 14.3 Å². The molecule has 0 saturated carbocycles. The predicted molar refractivity (Wildman–Crippen MR) is 58.6 cm³/mol. The van der Waals surface area contributed by atoms with Crippen molar-refractivity contribution in [1.82, 2.24) is 4.98 Å². The maximum atomic E-state index is 10.9. The Morgan fingerprint density at radius 2 is 2.25 bits per heavy atom. The molecular formula is C11H8ClNO3. The first-order valence-corrected chi connectivity index (χ1v) is 4.92. The Balaban J connectivity index is 2.59. The molecule has 0 spiro atoms. The number of aromatic nitrogens is 1. The van der Waals surface area contributed by atoms with Crippen LogP contribution in [0, 0.1) is 6.92 Å². The lowest BCUT2D eigenvalue weighted by molar-refractivity contribution is 0.0691. The number of aromatic carboxylic acids is 1. The van der Waals surface area contributed by atoms with Gasteiger partial charge in [0.05, 0.1) is 0 Å². The highest BCUT2D eigenvalue weighted by molar-refractivity contribution is 6.28. The first kappa shape index (κ1) is 10.7. The summed E-state index contributed by atoms with van der Waals surface area (Å²) in [5.74, 6) is -0.978. The van der Waals surface area contributed by atoms with E-state index >= 15 is 0 Å². The first-order chi connectivity index (χ1) is 7.58. The lowest BCUT2D eigenvalue weighted by atomic mass is 10.1. The SMILES string of the molecule is Cc1cccc(-c2oc(Cl)nc2C(=O)O)c1. The van der Waals surface area contributed by atoms with E-state index in [-0.39, 0.29) is 16.8 Å². The van der Waals surface area contributed by atoms with E-state index in [0.29, 0.717) is 5.56 Å². The van der Waals surface area contributed by atoms with Crippen LogP contribution in [-0.2, 0) is 0 Å². The minimum absolute atomic E-state index is 0.171. The molecule has 0 fully saturated rings. The summed E-state index contributed by atoms with van der Waals surface area (Å²) in [5.41, 5.74) is 1.48. The first-order valence-electron chi connectivity index (χ1n) is 4.54. The van der Waals surface area contributed by atoms with E-state index in [0.717, 1.165) is 5.56 Å². The lowest BCUT2D eigenvalue weighted by Gasteiger charge is -1.98. The molecule has 0 amide bonds. The molecule has 4 nitrogen and oxygen atoms in total. The Labute approximate surface area is 96.5 Å². The largest absolute Gasteiger partial charge is 0.476 e. The number of rotatable bonds is 2. The van der Waals surface area contributed by atoms with E-state index in [1.165, 1.54) is 0 Å². The highest BCUT2D eigenvalue weighted by atomic mass is 35.5. The van der Waals surface area contributed by atoms with E-state index in [9.17, 15) is 4.79 Å². The zero-order chi connectivity index (χ0) is 11.7. The van der Waals surface area contributed by atoms with Gasteiger partial charge in [-0.3, -0.25) is 0 Å².